The summed E-state index contributed by atoms with van der Waals surface area (Å²) in [5.74, 6) is 1.76. The van der Waals surface area contributed by atoms with Crippen molar-refractivity contribution in [2.75, 3.05) is 13.6 Å². The fourth-order valence-corrected chi connectivity index (χ4v) is 4.36. The van der Waals surface area contributed by atoms with Gasteiger partial charge in [-0.05, 0) is 43.3 Å². The first-order valence-electron chi connectivity index (χ1n) is 9.59. The van der Waals surface area contributed by atoms with Gasteiger partial charge in [-0.3, -0.25) is 4.79 Å². The normalized spacial score (nSPS) is 12.5. The molecule has 4 rings (SSSR count). The van der Waals surface area contributed by atoms with Crippen LogP contribution in [-0.2, 0) is 17.9 Å². The minimum absolute atomic E-state index is 0.0601. The Bertz CT molecular complexity index is 987. The SMILES string of the molecule is C[C@@H](c1nc2ccccc2s1)N(C)C(=O)C[NH+](Cc1ccco1)Cc1ccco1. The second-order valence-corrected chi connectivity index (χ2v) is 8.20. The summed E-state index contributed by atoms with van der Waals surface area (Å²) in [6, 6.07) is 15.6. The van der Waals surface area contributed by atoms with Crippen LogP contribution in [0.3, 0.4) is 0 Å². The highest BCUT2D eigenvalue weighted by molar-refractivity contribution is 7.18. The molecule has 1 aromatic carbocycles. The van der Waals surface area contributed by atoms with Crippen LogP contribution in [0.25, 0.3) is 10.2 Å². The van der Waals surface area contributed by atoms with Gasteiger partial charge in [0.05, 0.1) is 28.8 Å². The Labute approximate surface area is 173 Å². The number of carbonyl (C=O) groups is 1. The third kappa shape index (κ3) is 4.58. The maximum absolute atomic E-state index is 13.1. The van der Waals surface area contributed by atoms with E-state index in [9.17, 15) is 4.79 Å². The van der Waals surface area contributed by atoms with Crippen molar-refractivity contribution in [1.82, 2.24) is 9.88 Å². The topological polar surface area (TPSA) is 63.9 Å². The summed E-state index contributed by atoms with van der Waals surface area (Å²) in [5.41, 5.74) is 0.975. The Morgan fingerprint density at radius 1 is 1.07 bits per heavy atom. The summed E-state index contributed by atoms with van der Waals surface area (Å²) in [4.78, 5) is 20.6. The van der Waals surface area contributed by atoms with E-state index in [1.165, 1.54) is 0 Å². The molecule has 0 bridgehead atoms. The van der Waals surface area contributed by atoms with Gasteiger partial charge in [0.25, 0.3) is 5.91 Å². The molecule has 7 heteroatoms. The molecule has 3 heterocycles. The molecule has 0 unspecified atom stereocenters. The van der Waals surface area contributed by atoms with Gasteiger partial charge in [0.1, 0.15) is 18.1 Å². The maximum atomic E-state index is 13.1. The predicted octanol–water partition coefficient (Wildman–Crippen LogP) is 3.29. The Morgan fingerprint density at radius 3 is 2.31 bits per heavy atom. The van der Waals surface area contributed by atoms with Crippen molar-refractivity contribution in [3.8, 4) is 0 Å². The van der Waals surface area contributed by atoms with E-state index in [1.54, 1.807) is 28.8 Å². The number of nitrogens with one attached hydrogen (secondary N) is 1. The van der Waals surface area contributed by atoms with Crippen LogP contribution in [-0.4, -0.2) is 29.4 Å². The number of aromatic nitrogens is 1. The van der Waals surface area contributed by atoms with Crippen LogP contribution in [0.15, 0.2) is 69.9 Å². The highest BCUT2D eigenvalue weighted by Crippen LogP contribution is 2.28. The van der Waals surface area contributed by atoms with Gasteiger partial charge < -0.3 is 18.6 Å². The quantitative estimate of drug-likeness (QED) is 0.484. The molecule has 0 radical (unpaired) electrons. The lowest BCUT2D eigenvalue weighted by Crippen LogP contribution is -3.10. The number of thiazole rings is 1. The van der Waals surface area contributed by atoms with Crippen molar-refractivity contribution in [1.29, 1.82) is 0 Å². The number of benzene rings is 1. The monoisotopic (exact) mass is 410 g/mol. The zero-order valence-corrected chi connectivity index (χ0v) is 17.3. The van der Waals surface area contributed by atoms with Crippen LogP contribution >= 0.6 is 11.3 Å². The summed E-state index contributed by atoms with van der Waals surface area (Å²) < 4.78 is 12.1. The van der Waals surface area contributed by atoms with Gasteiger partial charge >= 0.3 is 0 Å². The lowest BCUT2D eigenvalue weighted by Gasteiger charge is -2.25. The summed E-state index contributed by atoms with van der Waals surface area (Å²) in [7, 11) is 1.84. The maximum Gasteiger partial charge on any atom is 0.278 e. The molecule has 0 aliphatic rings. The standard InChI is InChI=1S/C22H23N3O3S/c1-16(22-23-19-9-3-4-10-20(19)29-22)24(2)21(26)15-25(13-17-7-5-11-27-17)14-18-8-6-12-28-18/h3-12,16H,13-15H2,1-2H3/p+1/t16-/m0/s1. The van der Waals surface area contributed by atoms with Crippen molar-refractivity contribution < 1.29 is 18.5 Å². The van der Waals surface area contributed by atoms with E-state index >= 15 is 0 Å². The second-order valence-electron chi connectivity index (χ2n) is 7.14. The number of hydrogen-bond donors (Lipinski definition) is 1. The van der Waals surface area contributed by atoms with Crippen molar-refractivity contribution >= 4 is 27.5 Å². The van der Waals surface area contributed by atoms with Gasteiger partial charge in [0, 0.05) is 7.05 Å². The van der Waals surface area contributed by atoms with Crippen LogP contribution in [0.1, 0.15) is 29.5 Å². The molecule has 0 aliphatic heterocycles. The number of para-hydroxylation sites is 1. The minimum atomic E-state index is -0.0895. The third-order valence-electron chi connectivity index (χ3n) is 5.05. The molecular weight excluding hydrogens is 386 g/mol. The lowest BCUT2D eigenvalue weighted by molar-refractivity contribution is -0.922. The minimum Gasteiger partial charge on any atom is -0.463 e. The number of nitrogens with zero attached hydrogens (tertiary/aromatic N) is 2. The largest absolute Gasteiger partial charge is 0.463 e. The molecule has 0 aliphatic carbocycles. The predicted molar refractivity (Wildman–Crippen MR) is 111 cm³/mol. The Kier molecular flexibility index (Phi) is 5.78. The first kappa shape index (κ1) is 19.4. The summed E-state index contributed by atoms with van der Waals surface area (Å²) >= 11 is 1.64. The fraction of sp³-hybridized carbons (Fsp3) is 0.273. The highest BCUT2D eigenvalue weighted by Gasteiger charge is 2.25. The van der Waals surface area contributed by atoms with E-state index in [-0.39, 0.29) is 11.9 Å². The average Bonchev–Trinajstić information content (AvgIpc) is 3.48. The number of furan rings is 2. The van der Waals surface area contributed by atoms with E-state index in [2.05, 4.69) is 6.07 Å². The molecule has 4 aromatic rings. The molecular formula is C22H24N3O3S+. The molecule has 150 valence electrons. The number of likely N-dealkylation sites (N-methyl/N-ethyl adjacent to an activating group) is 1. The zero-order chi connectivity index (χ0) is 20.2. The third-order valence-corrected chi connectivity index (χ3v) is 6.26. The van der Waals surface area contributed by atoms with Gasteiger partial charge in [-0.15, -0.1) is 11.3 Å². The number of quaternary nitrogens is 1. The van der Waals surface area contributed by atoms with E-state index in [1.807, 2.05) is 56.4 Å². The smallest absolute Gasteiger partial charge is 0.278 e. The summed E-state index contributed by atoms with van der Waals surface area (Å²) in [6.45, 7) is 3.59. The van der Waals surface area contributed by atoms with Crippen LogP contribution in [0.2, 0.25) is 0 Å². The number of carbonyl (C=O) groups excluding carboxylic acids is 1. The van der Waals surface area contributed by atoms with Gasteiger partial charge in [-0.25, -0.2) is 4.98 Å². The Morgan fingerprint density at radius 2 is 1.72 bits per heavy atom. The van der Waals surface area contributed by atoms with Crippen LogP contribution < -0.4 is 4.90 Å². The molecule has 1 amide bonds. The number of fused-ring (bicyclic) bond motifs is 1. The molecule has 1 atom stereocenters. The number of rotatable bonds is 8. The average molecular weight is 411 g/mol. The van der Waals surface area contributed by atoms with Crippen molar-refractivity contribution in [3.63, 3.8) is 0 Å². The Hall–Kier alpha value is -2.90. The highest BCUT2D eigenvalue weighted by atomic mass is 32.1. The molecule has 1 N–H and O–H groups in total. The fourth-order valence-electron chi connectivity index (χ4n) is 3.30. The second kappa shape index (κ2) is 8.63. The molecule has 0 saturated carbocycles. The zero-order valence-electron chi connectivity index (χ0n) is 16.5. The van der Waals surface area contributed by atoms with Crippen molar-refractivity contribution in [2.45, 2.75) is 26.1 Å². The van der Waals surface area contributed by atoms with E-state index < -0.39 is 0 Å². The van der Waals surface area contributed by atoms with Gasteiger partial charge in [-0.2, -0.15) is 0 Å². The van der Waals surface area contributed by atoms with Gasteiger partial charge in [-0.1, -0.05) is 12.1 Å². The summed E-state index contributed by atoms with van der Waals surface area (Å²) in [5, 5.41) is 0.945. The lowest BCUT2D eigenvalue weighted by atomic mass is 10.2. The molecule has 0 fully saturated rings. The molecule has 0 saturated heterocycles. The van der Waals surface area contributed by atoms with Crippen molar-refractivity contribution in [3.05, 3.63) is 77.6 Å². The van der Waals surface area contributed by atoms with Gasteiger partial charge in [0.2, 0.25) is 0 Å². The van der Waals surface area contributed by atoms with Gasteiger partial charge in [0.15, 0.2) is 18.1 Å². The van der Waals surface area contributed by atoms with Crippen LogP contribution in [0.4, 0.5) is 0 Å². The molecule has 0 spiro atoms. The van der Waals surface area contributed by atoms with E-state index in [0.29, 0.717) is 19.6 Å². The van der Waals surface area contributed by atoms with Crippen molar-refractivity contribution in [2.24, 2.45) is 0 Å². The molecule has 6 nitrogen and oxygen atoms in total. The number of hydrogen-bond acceptors (Lipinski definition) is 5. The van der Waals surface area contributed by atoms with E-state index in [0.717, 1.165) is 31.6 Å². The summed E-state index contributed by atoms with van der Waals surface area (Å²) in [6.07, 6.45) is 3.31. The molecule has 29 heavy (non-hydrogen) atoms. The van der Waals surface area contributed by atoms with Crippen LogP contribution in [0.5, 0.6) is 0 Å². The van der Waals surface area contributed by atoms with E-state index in [4.69, 9.17) is 13.8 Å². The first-order valence-corrected chi connectivity index (χ1v) is 10.4. The number of amides is 1. The Balaban J connectivity index is 1.46. The molecule has 3 aromatic heterocycles. The van der Waals surface area contributed by atoms with Crippen LogP contribution in [0, 0.1) is 0 Å². The first-order chi connectivity index (χ1) is 14.1.